The van der Waals surface area contributed by atoms with Crippen molar-refractivity contribution in [3.8, 4) is 0 Å². The molecule has 1 amide bonds. The Morgan fingerprint density at radius 1 is 1.09 bits per heavy atom. The largest absolute Gasteiger partial charge is 0.480 e. The molecule has 0 spiro atoms. The predicted octanol–water partition coefficient (Wildman–Crippen LogP) is 3.69. The number of aliphatic carboxylic acids is 2. The molecule has 9 heteroatoms. The second-order valence-electron chi connectivity index (χ2n) is 8.75. The van der Waals surface area contributed by atoms with Crippen molar-refractivity contribution in [3.05, 3.63) is 24.3 Å². The summed E-state index contributed by atoms with van der Waals surface area (Å²) in [6.07, 6.45) is 6.72. The van der Waals surface area contributed by atoms with E-state index < -0.39 is 36.5 Å². The van der Waals surface area contributed by atoms with Crippen LogP contribution < -0.4 is 10.2 Å². The fraction of sp³-hybridized carbons (Fsp3) is 0.640. The Kier molecular flexibility index (Phi) is 12.4. The maximum absolute atomic E-state index is 13.2. The minimum absolute atomic E-state index is 0.345. The first-order valence-corrected chi connectivity index (χ1v) is 13.3. The fourth-order valence-corrected chi connectivity index (χ4v) is 5.16. The number of hydrogen-bond acceptors (Lipinski definition) is 6. The number of nitrogens with zero attached hydrogens (tertiary/aromatic N) is 2. The number of hydrogen-bond donors (Lipinski definition) is 3. The van der Waals surface area contributed by atoms with Crippen LogP contribution in [0, 0.1) is 0 Å². The zero-order valence-electron chi connectivity index (χ0n) is 20.4. The molecular formula is C25H39N3O5S. The van der Waals surface area contributed by atoms with Crippen molar-refractivity contribution >= 4 is 35.3 Å². The van der Waals surface area contributed by atoms with E-state index >= 15 is 0 Å². The zero-order valence-corrected chi connectivity index (χ0v) is 21.2. The van der Waals surface area contributed by atoms with E-state index in [-0.39, 0.29) is 0 Å². The van der Waals surface area contributed by atoms with Gasteiger partial charge >= 0.3 is 11.9 Å². The molecule has 8 nitrogen and oxygen atoms in total. The van der Waals surface area contributed by atoms with Gasteiger partial charge in [-0.15, -0.1) is 11.8 Å². The summed E-state index contributed by atoms with van der Waals surface area (Å²) in [6, 6.07) is 5.55. The number of carbonyl (C=O) groups is 3. The number of amides is 1. The summed E-state index contributed by atoms with van der Waals surface area (Å²) in [5.41, 5.74) is 0.551. The number of carboxylic acid groups (broad SMARTS) is 2. The summed E-state index contributed by atoms with van der Waals surface area (Å²) < 4.78 is 0. The SMILES string of the molecule is CCCCN(CCCC)CCCC[C@H](N[C@H]1CSc2ccccc2N(CC(=O)O)C1=O)C(=O)O. The highest BCUT2D eigenvalue weighted by molar-refractivity contribution is 7.99. The van der Waals surface area contributed by atoms with Crippen molar-refractivity contribution in [2.75, 3.05) is 36.8 Å². The Hall–Kier alpha value is -2.10. The van der Waals surface area contributed by atoms with Gasteiger partial charge < -0.3 is 15.1 Å². The number of fused-ring (bicyclic) bond motifs is 1. The molecule has 34 heavy (non-hydrogen) atoms. The van der Waals surface area contributed by atoms with E-state index in [0.717, 1.165) is 50.2 Å². The van der Waals surface area contributed by atoms with Crippen molar-refractivity contribution < 1.29 is 24.6 Å². The number of rotatable bonds is 16. The average Bonchev–Trinajstić information content (AvgIpc) is 2.93. The topological polar surface area (TPSA) is 110 Å². The van der Waals surface area contributed by atoms with Gasteiger partial charge in [0.25, 0.3) is 0 Å². The number of anilines is 1. The molecule has 0 fully saturated rings. The van der Waals surface area contributed by atoms with Crippen LogP contribution in [0.5, 0.6) is 0 Å². The van der Waals surface area contributed by atoms with Crippen LogP contribution in [0.15, 0.2) is 29.2 Å². The molecule has 1 aliphatic heterocycles. The molecule has 0 aliphatic carbocycles. The molecule has 190 valence electrons. The molecule has 0 aromatic heterocycles. The lowest BCUT2D eigenvalue weighted by Gasteiger charge is -2.26. The van der Waals surface area contributed by atoms with Gasteiger partial charge in [-0.25, -0.2) is 0 Å². The lowest BCUT2D eigenvalue weighted by molar-refractivity contribution is -0.140. The van der Waals surface area contributed by atoms with Crippen LogP contribution in [0.4, 0.5) is 5.69 Å². The van der Waals surface area contributed by atoms with Gasteiger partial charge in [0, 0.05) is 10.6 Å². The number of carbonyl (C=O) groups excluding carboxylic acids is 1. The molecule has 0 saturated carbocycles. The van der Waals surface area contributed by atoms with Gasteiger partial charge in [0.15, 0.2) is 0 Å². The maximum Gasteiger partial charge on any atom is 0.323 e. The van der Waals surface area contributed by atoms with Gasteiger partial charge in [0.05, 0.1) is 11.7 Å². The maximum atomic E-state index is 13.2. The van der Waals surface area contributed by atoms with Crippen LogP contribution in [0.1, 0.15) is 58.8 Å². The summed E-state index contributed by atoms with van der Waals surface area (Å²) >= 11 is 1.44. The van der Waals surface area contributed by atoms with Gasteiger partial charge in [-0.1, -0.05) is 45.2 Å². The van der Waals surface area contributed by atoms with Crippen LogP contribution in [0.3, 0.4) is 0 Å². The lowest BCUT2D eigenvalue weighted by Crippen LogP contribution is -2.53. The van der Waals surface area contributed by atoms with E-state index in [1.54, 1.807) is 12.1 Å². The predicted molar refractivity (Wildman–Crippen MR) is 136 cm³/mol. The van der Waals surface area contributed by atoms with Gasteiger partial charge in [0.1, 0.15) is 12.6 Å². The van der Waals surface area contributed by atoms with Crippen molar-refractivity contribution in [3.63, 3.8) is 0 Å². The molecule has 1 aliphatic rings. The summed E-state index contributed by atoms with van der Waals surface area (Å²) in [4.78, 5) is 41.1. The molecule has 2 rings (SSSR count). The van der Waals surface area contributed by atoms with Crippen LogP contribution in [-0.2, 0) is 14.4 Å². The molecule has 3 N–H and O–H groups in total. The summed E-state index contributed by atoms with van der Waals surface area (Å²) in [5, 5.41) is 22.1. The number of thioether (sulfide) groups is 1. The Morgan fingerprint density at radius 3 is 2.35 bits per heavy atom. The first kappa shape index (κ1) is 28.1. The summed E-state index contributed by atoms with van der Waals surface area (Å²) in [5.74, 6) is -2.16. The van der Waals surface area contributed by atoms with E-state index in [2.05, 4.69) is 24.1 Å². The highest BCUT2D eigenvalue weighted by Crippen LogP contribution is 2.34. The van der Waals surface area contributed by atoms with E-state index in [9.17, 15) is 24.6 Å². The first-order chi connectivity index (χ1) is 16.4. The molecule has 2 atom stereocenters. The monoisotopic (exact) mass is 493 g/mol. The van der Waals surface area contributed by atoms with Crippen LogP contribution >= 0.6 is 11.8 Å². The summed E-state index contributed by atoms with van der Waals surface area (Å²) in [7, 11) is 0. The number of unbranched alkanes of at least 4 members (excludes halogenated alkanes) is 3. The molecule has 1 aromatic rings. The zero-order chi connectivity index (χ0) is 24.9. The quantitative estimate of drug-likeness (QED) is 0.299. The Bertz CT molecular complexity index is 799. The second kappa shape index (κ2) is 15.0. The van der Waals surface area contributed by atoms with E-state index in [0.29, 0.717) is 17.9 Å². The minimum Gasteiger partial charge on any atom is -0.480 e. The molecule has 0 radical (unpaired) electrons. The third-order valence-electron chi connectivity index (χ3n) is 5.99. The second-order valence-corrected chi connectivity index (χ2v) is 9.81. The molecule has 0 bridgehead atoms. The normalized spacial score (nSPS) is 16.9. The van der Waals surface area contributed by atoms with Crippen molar-refractivity contribution in [2.45, 2.75) is 75.8 Å². The van der Waals surface area contributed by atoms with Crippen LogP contribution in [-0.4, -0.2) is 77.0 Å². The molecule has 0 saturated heterocycles. The average molecular weight is 494 g/mol. The van der Waals surface area contributed by atoms with Crippen molar-refractivity contribution in [1.29, 1.82) is 0 Å². The highest BCUT2D eigenvalue weighted by Gasteiger charge is 2.34. The highest BCUT2D eigenvalue weighted by atomic mass is 32.2. The van der Waals surface area contributed by atoms with Crippen molar-refractivity contribution in [1.82, 2.24) is 10.2 Å². The summed E-state index contributed by atoms with van der Waals surface area (Å²) in [6.45, 7) is 7.01. The third kappa shape index (κ3) is 8.92. The van der Waals surface area contributed by atoms with Gasteiger partial charge in [-0.2, -0.15) is 0 Å². The molecular weight excluding hydrogens is 454 g/mol. The lowest BCUT2D eigenvalue weighted by atomic mass is 10.1. The number of nitrogens with one attached hydrogen (secondary N) is 1. The third-order valence-corrected chi connectivity index (χ3v) is 7.15. The van der Waals surface area contributed by atoms with E-state index in [1.165, 1.54) is 29.5 Å². The standard InChI is InChI=1S/C25H39N3O5S/c1-3-5-14-27(15-6-4-2)16-10-9-11-19(25(32)33)26-20-18-34-22-13-8-7-12-21(22)28(24(20)31)17-23(29)30/h7-8,12-13,19-20,26H,3-6,9-11,14-18H2,1-2H3,(H,29,30)(H,32,33)/t19-,20-/m0/s1. The smallest absolute Gasteiger partial charge is 0.323 e. The van der Waals surface area contributed by atoms with E-state index in [4.69, 9.17) is 0 Å². The van der Waals surface area contributed by atoms with Crippen LogP contribution in [0.2, 0.25) is 0 Å². The Morgan fingerprint density at radius 2 is 1.74 bits per heavy atom. The number of carboxylic acids is 2. The van der Waals surface area contributed by atoms with Crippen LogP contribution in [0.25, 0.3) is 0 Å². The number of benzene rings is 1. The van der Waals surface area contributed by atoms with Crippen molar-refractivity contribution in [2.24, 2.45) is 0 Å². The fourth-order valence-electron chi connectivity index (χ4n) is 4.07. The molecule has 0 unspecified atom stereocenters. The van der Waals surface area contributed by atoms with Gasteiger partial charge in [0.2, 0.25) is 5.91 Å². The van der Waals surface area contributed by atoms with Gasteiger partial charge in [-0.05, 0) is 57.5 Å². The number of para-hydroxylation sites is 1. The van der Waals surface area contributed by atoms with E-state index in [1.807, 2.05) is 12.1 Å². The minimum atomic E-state index is -1.11. The Balaban J connectivity index is 1.98. The Labute approximate surface area is 207 Å². The van der Waals surface area contributed by atoms with Gasteiger partial charge in [-0.3, -0.25) is 24.6 Å². The first-order valence-electron chi connectivity index (χ1n) is 12.3. The molecule has 1 heterocycles. The molecule has 1 aromatic carbocycles.